The standard InChI is InChI=1S/C9H12N4OS/c14-9(8-3-11-15-12-8)13-4-6-1-10-2-7(6)5-13/h3,6-7,10H,1-2,4-5H2. The van der Waals surface area contributed by atoms with Crippen molar-refractivity contribution in [3.63, 3.8) is 0 Å². The normalized spacial score (nSPS) is 29.5. The van der Waals surface area contributed by atoms with Gasteiger partial charge in [-0.3, -0.25) is 4.79 Å². The topological polar surface area (TPSA) is 58.1 Å². The molecule has 1 aromatic rings. The minimum absolute atomic E-state index is 0.0400. The molecule has 3 rings (SSSR count). The number of carbonyl (C=O) groups is 1. The Labute approximate surface area is 91.8 Å². The van der Waals surface area contributed by atoms with Crippen molar-refractivity contribution in [2.45, 2.75) is 0 Å². The second kappa shape index (κ2) is 3.53. The lowest BCUT2D eigenvalue weighted by Crippen LogP contribution is -2.32. The van der Waals surface area contributed by atoms with Crippen molar-refractivity contribution < 1.29 is 4.79 Å². The van der Waals surface area contributed by atoms with Crippen LogP contribution in [0.1, 0.15) is 10.5 Å². The molecule has 5 nitrogen and oxygen atoms in total. The van der Waals surface area contributed by atoms with Gasteiger partial charge in [0.2, 0.25) is 0 Å². The molecule has 0 spiro atoms. The highest BCUT2D eigenvalue weighted by atomic mass is 32.1. The van der Waals surface area contributed by atoms with Gasteiger partial charge >= 0.3 is 0 Å². The minimum Gasteiger partial charge on any atom is -0.337 e. The lowest BCUT2D eigenvalue weighted by atomic mass is 10.0. The summed E-state index contributed by atoms with van der Waals surface area (Å²) in [4.78, 5) is 13.9. The van der Waals surface area contributed by atoms with Crippen LogP contribution in [0.5, 0.6) is 0 Å². The maximum atomic E-state index is 11.9. The van der Waals surface area contributed by atoms with E-state index in [-0.39, 0.29) is 5.91 Å². The number of hydrogen-bond acceptors (Lipinski definition) is 5. The summed E-state index contributed by atoms with van der Waals surface area (Å²) in [6, 6.07) is 0. The third-order valence-corrected chi connectivity index (χ3v) is 3.74. The third-order valence-electron chi connectivity index (χ3n) is 3.26. The van der Waals surface area contributed by atoms with Gasteiger partial charge in [-0.1, -0.05) is 0 Å². The summed E-state index contributed by atoms with van der Waals surface area (Å²) < 4.78 is 7.84. The van der Waals surface area contributed by atoms with E-state index in [1.54, 1.807) is 6.20 Å². The number of amides is 1. The quantitative estimate of drug-likeness (QED) is 0.719. The molecule has 0 bridgehead atoms. The first-order valence-electron chi connectivity index (χ1n) is 5.12. The Morgan fingerprint density at radius 2 is 2.20 bits per heavy atom. The van der Waals surface area contributed by atoms with E-state index < -0.39 is 0 Å². The Morgan fingerprint density at radius 3 is 2.80 bits per heavy atom. The molecule has 2 aliphatic heterocycles. The molecule has 2 unspecified atom stereocenters. The fraction of sp³-hybridized carbons (Fsp3) is 0.667. The number of aromatic nitrogens is 2. The minimum atomic E-state index is 0.0400. The lowest BCUT2D eigenvalue weighted by Gasteiger charge is -2.15. The molecule has 0 aliphatic carbocycles. The number of carbonyl (C=O) groups excluding carboxylic acids is 1. The lowest BCUT2D eigenvalue weighted by molar-refractivity contribution is 0.0777. The van der Waals surface area contributed by atoms with Crippen LogP contribution in [0.4, 0.5) is 0 Å². The Bertz CT molecular complexity index is 354. The van der Waals surface area contributed by atoms with E-state index in [1.165, 1.54) is 0 Å². The number of nitrogens with one attached hydrogen (secondary N) is 1. The van der Waals surface area contributed by atoms with E-state index in [9.17, 15) is 4.79 Å². The molecule has 1 aromatic heterocycles. The summed E-state index contributed by atoms with van der Waals surface area (Å²) in [7, 11) is 0. The van der Waals surface area contributed by atoms with Gasteiger partial charge in [0.15, 0.2) is 5.69 Å². The predicted octanol–water partition coefficient (Wildman–Crippen LogP) is -0.171. The van der Waals surface area contributed by atoms with Crippen molar-refractivity contribution in [3.8, 4) is 0 Å². The van der Waals surface area contributed by atoms with E-state index >= 15 is 0 Å². The van der Waals surface area contributed by atoms with Crippen molar-refractivity contribution in [1.29, 1.82) is 0 Å². The molecular weight excluding hydrogens is 212 g/mol. The Hall–Kier alpha value is -1.01. The van der Waals surface area contributed by atoms with Gasteiger partial charge in [-0.2, -0.15) is 8.75 Å². The van der Waals surface area contributed by atoms with Crippen molar-refractivity contribution in [3.05, 3.63) is 11.9 Å². The van der Waals surface area contributed by atoms with Crippen LogP contribution in [0.3, 0.4) is 0 Å². The van der Waals surface area contributed by atoms with Crippen LogP contribution in [0.25, 0.3) is 0 Å². The van der Waals surface area contributed by atoms with Gasteiger partial charge in [-0.15, -0.1) is 0 Å². The molecule has 15 heavy (non-hydrogen) atoms. The molecule has 2 saturated heterocycles. The molecule has 1 amide bonds. The third kappa shape index (κ3) is 1.53. The van der Waals surface area contributed by atoms with Crippen LogP contribution in [0.2, 0.25) is 0 Å². The Balaban J connectivity index is 1.72. The number of nitrogens with zero attached hydrogens (tertiary/aromatic N) is 3. The van der Waals surface area contributed by atoms with Crippen LogP contribution in [0.15, 0.2) is 6.20 Å². The van der Waals surface area contributed by atoms with Gasteiger partial charge in [0.25, 0.3) is 5.91 Å². The zero-order valence-corrected chi connectivity index (χ0v) is 9.04. The van der Waals surface area contributed by atoms with Gasteiger partial charge in [0.05, 0.1) is 17.9 Å². The van der Waals surface area contributed by atoms with E-state index in [1.807, 2.05) is 4.90 Å². The first-order chi connectivity index (χ1) is 7.34. The molecular formula is C9H12N4OS. The Morgan fingerprint density at radius 1 is 1.47 bits per heavy atom. The molecule has 2 atom stereocenters. The highest BCUT2D eigenvalue weighted by molar-refractivity contribution is 6.99. The first-order valence-corrected chi connectivity index (χ1v) is 5.85. The first kappa shape index (κ1) is 9.23. The summed E-state index contributed by atoms with van der Waals surface area (Å²) in [5, 5.41) is 3.35. The highest BCUT2D eigenvalue weighted by Crippen LogP contribution is 2.27. The maximum absolute atomic E-state index is 11.9. The second-order valence-corrected chi connectivity index (χ2v) is 4.74. The predicted molar refractivity (Wildman–Crippen MR) is 55.7 cm³/mol. The summed E-state index contributed by atoms with van der Waals surface area (Å²) in [5.41, 5.74) is 0.493. The SMILES string of the molecule is O=C(c1cnsn1)N1CC2CNCC2C1. The monoisotopic (exact) mass is 224 g/mol. The fourth-order valence-electron chi connectivity index (χ4n) is 2.44. The average Bonchev–Trinajstić information content (AvgIpc) is 2.92. The average molecular weight is 224 g/mol. The number of hydrogen-bond donors (Lipinski definition) is 1. The number of likely N-dealkylation sites (tertiary alicyclic amines) is 1. The number of rotatable bonds is 1. The van der Waals surface area contributed by atoms with Crippen molar-refractivity contribution in [2.75, 3.05) is 26.2 Å². The Kier molecular flexibility index (Phi) is 2.17. The molecule has 0 radical (unpaired) electrons. The largest absolute Gasteiger partial charge is 0.337 e. The molecule has 3 heterocycles. The van der Waals surface area contributed by atoms with Crippen LogP contribution < -0.4 is 5.32 Å². The fourth-order valence-corrected chi connectivity index (χ4v) is 2.85. The van der Waals surface area contributed by atoms with Gasteiger partial charge < -0.3 is 10.2 Å². The molecule has 0 saturated carbocycles. The van der Waals surface area contributed by atoms with Crippen molar-refractivity contribution in [2.24, 2.45) is 11.8 Å². The van der Waals surface area contributed by atoms with Crippen LogP contribution in [-0.2, 0) is 0 Å². The summed E-state index contributed by atoms with van der Waals surface area (Å²) in [5.74, 6) is 1.32. The molecule has 80 valence electrons. The van der Waals surface area contributed by atoms with Gasteiger partial charge in [-0.25, -0.2) is 0 Å². The molecule has 0 aromatic carbocycles. The van der Waals surface area contributed by atoms with Gasteiger partial charge in [0, 0.05) is 26.2 Å². The summed E-state index contributed by atoms with van der Waals surface area (Å²) in [6.07, 6.45) is 1.55. The maximum Gasteiger partial charge on any atom is 0.275 e. The van der Waals surface area contributed by atoms with E-state index in [2.05, 4.69) is 14.1 Å². The van der Waals surface area contributed by atoms with Crippen LogP contribution in [0, 0.1) is 11.8 Å². The summed E-state index contributed by atoms with van der Waals surface area (Å²) >= 11 is 1.09. The van der Waals surface area contributed by atoms with E-state index in [0.717, 1.165) is 37.9 Å². The zero-order chi connectivity index (χ0) is 10.3. The molecule has 1 N–H and O–H groups in total. The van der Waals surface area contributed by atoms with Crippen LogP contribution in [-0.4, -0.2) is 45.7 Å². The van der Waals surface area contributed by atoms with E-state index in [4.69, 9.17) is 0 Å². The molecule has 6 heteroatoms. The molecule has 2 aliphatic rings. The van der Waals surface area contributed by atoms with Crippen molar-refractivity contribution in [1.82, 2.24) is 19.0 Å². The number of fused-ring (bicyclic) bond motifs is 1. The zero-order valence-electron chi connectivity index (χ0n) is 8.22. The smallest absolute Gasteiger partial charge is 0.275 e. The van der Waals surface area contributed by atoms with E-state index in [0.29, 0.717) is 17.5 Å². The van der Waals surface area contributed by atoms with Crippen molar-refractivity contribution >= 4 is 17.6 Å². The van der Waals surface area contributed by atoms with Gasteiger partial charge in [-0.05, 0) is 11.8 Å². The van der Waals surface area contributed by atoms with Crippen LogP contribution >= 0.6 is 11.7 Å². The highest BCUT2D eigenvalue weighted by Gasteiger charge is 2.38. The van der Waals surface area contributed by atoms with Gasteiger partial charge in [0.1, 0.15) is 0 Å². The summed E-state index contributed by atoms with van der Waals surface area (Å²) in [6.45, 7) is 3.83. The molecule has 2 fully saturated rings. The second-order valence-electron chi connectivity index (χ2n) is 4.18.